The highest BCUT2D eigenvalue weighted by molar-refractivity contribution is 7.91. The number of sulfonamides is 1. The maximum atomic E-state index is 13.7. The third-order valence-electron chi connectivity index (χ3n) is 8.71. The van der Waals surface area contributed by atoms with Crippen molar-refractivity contribution in [3.8, 4) is 0 Å². The number of piperidine rings is 1. The van der Waals surface area contributed by atoms with Gasteiger partial charge in [-0.2, -0.15) is 0 Å². The Hall–Kier alpha value is -4.25. The number of nitrogens with one attached hydrogen (secondary N) is 1. The van der Waals surface area contributed by atoms with Crippen LogP contribution < -0.4 is 10.5 Å². The monoisotopic (exact) mass is 625 g/mol. The van der Waals surface area contributed by atoms with E-state index in [1.165, 1.54) is 0 Å². The van der Waals surface area contributed by atoms with Crippen LogP contribution in [0.25, 0.3) is 21.8 Å². The van der Waals surface area contributed by atoms with Gasteiger partial charge in [-0.25, -0.2) is 18.2 Å². The summed E-state index contributed by atoms with van der Waals surface area (Å²) < 4.78 is 36.9. The number of ether oxygens (including phenoxy) is 1. The molecule has 1 saturated heterocycles. The minimum absolute atomic E-state index is 0.0779. The topological polar surface area (TPSA) is 120 Å². The van der Waals surface area contributed by atoms with E-state index in [1.807, 2.05) is 77.4 Å². The van der Waals surface area contributed by atoms with Crippen molar-refractivity contribution in [3.63, 3.8) is 0 Å². The number of carbonyl (C=O) groups excluding carboxylic acids is 1. The van der Waals surface area contributed by atoms with E-state index < -0.39 is 16.0 Å². The molecular weight excluding hydrogens is 586 g/mol. The quantitative estimate of drug-likeness (QED) is 0.196. The lowest BCUT2D eigenvalue weighted by Gasteiger charge is -2.37. The highest BCUT2D eigenvalue weighted by atomic mass is 32.2. The molecule has 0 atom stereocenters. The molecule has 1 aliphatic rings. The summed E-state index contributed by atoms with van der Waals surface area (Å²) in [5, 5.41) is 2.62. The number of benzene rings is 3. The van der Waals surface area contributed by atoms with Crippen LogP contribution in [0.15, 0.2) is 84.9 Å². The van der Waals surface area contributed by atoms with E-state index in [-0.39, 0.29) is 24.3 Å². The Morgan fingerprint density at radius 3 is 2.47 bits per heavy atom. The van der Waals surface area contributed by atoms with Gasteiger partial charge in [0.05, 0.1) is 24.6 Å². The first kappa shape index (κ1) is 30.8. The number of nitrogens with two attached hydrogens (primary N) is 1. The fourth-order valence-corrected chi connectivity index (χ4v) is 7.17. The number of anilines is 1. The Labute approximate surface area is 264 Å². The largest absolute Gasteiger partial charge is 0.460 e. The summed E-state index contributed by atoms with van der Waals surface area (Å²) in [6, 6.07) is 26.1. The number of fused-ring (bicyclic) bond motifs is 2. The van der Waals surface area contributed by atoms with Crippen LogP contribution in [0.2, 0.25) is 0 Å². The summed E-state index contributed by atoms with van der Waals surface area (Å²) in [5.74, 6) is -0.554. The molecule has 1 fully saturated rings. The standard InChI is InChI=1S/C35H39N5O4S/c1-35(14-16-39(2)17-15-35)24-44-34(41)32-20-27-12-13-29(21-36)37-33(27)40(32)22-28-19-30(18-26-10-6-7-11-31(26)28)38-45(42,43)23-25-8-4-3-5-9-25/h3-13,18-20,38H,14-17,21-24,36H2,1-2H3. The van der Waals surface area contributed by atoms with Crippen LogP contribution in [0, 0.1) is 5.41 Å². The number of nitrogens with zero attached hydrogens (tertiary/aromatic N) is 3. The number of pyridine rings is 1. The normalized spacial score (nSPS) is 15.4. The minimum Gasteiger partial charge on any atom is -0.460 e. The number of carbonyl (C=O) groups is 1. The third kappa shape index (κ3) is 7.03. The maximum Gasteiger partial charge on any atom is 0.355 e. The van der Waals surface area contributed by atoms with Crippen LogP contribution in [-0.4, -0.2) is 55.6 Å². The van der Waals surface area contributed by atoms with Gasteiger partial charge >= 0.3 is 5.97 Å². The summed E-state index contributed by atoms with van der Waals surface area (Å²) >= 11 is 0. The molecule has 10 heteroatoms. The summed E-state index contributed by atoms with van der Waals surface area (Å²) in [6.45, 7) is 4.98. The lowest BCUT2D eigenvalue weighted by Crippen LogP contribution is -2.39. The zero-order valence-electron chi connectivity index (χ0n) is 25.7. The molecular formula is C35H39N5O4S. The summed E-state index contributed by atoms with van der Waals surface area (Å²) in [5.41, 5.74) is 9.56. The molecule has 0 aliphatic carbocycles. The highest BCUT2D eigenvalue weighted by Gasteiger charge is 2.31. The van der Waals surface area contributed by atoms with E-state index in [0.717, 1.165) is 47.7 Å². The van der Waals surface area contributed by atoms with Crippen molar-refractivity contribution in [2.24, 2.45) is 11.1 Å². The van der Waals surface area contributed by atoms with Crippen molar-refractivity contribution in [3.05, 3.63) is 107 Å². The number of esters is 1. The van der Waals surface area contributed by atoms with E-state index in [1.54, 1.807) is 12.1 Å². The molecule has 5 aromatic rings. The van der Waals surface area contributed by atoms with Crippen molar-refractivity contribution in [2.45, 2.75) is 38.6 Å². The Bertz CT molecular complexity index is 1950. The van der Waals surface area contributed by atoms with Crippen molar-refractivity contribution >= 4 is 43.5 Å². The third-order valence-corrected chi connectivity index (χ3v) is 9.97. The summed E-state index contributed by atoms with van der Waals surface area (Å²) in [7, 11) is -1.58. The molecule has 0 unspecified atom stereocenters. The van der Waals surface area contributed by atoms with Crippen LogP contribution in [0.4, 0.5) is 5.69 Å². The van der Waals surface area contributed by atoms with Crippen molar-refractivity contribution in [2.75, 3.05) is 31.5 Å². The molecule has 234 valence electrons. The Morgan fingerprint density at radius 2 is 1.71 bits per heavy atom. The van der Waals surface area contributed by atoms with Gasteiger partial charge in [0.2, 0.25) is 10.0 Å². The maximum absolute atomic E-state index is 13.7. The van der Waals surface area contributed by atoms with Gasteiger partial charge in [0.25, 0.3) is 0 Å². The molecule has 3 heterocycles. The Morgan fingerprint density at radius 1 is 0.978 bits per heavy atom. The zero-order valence-corrected chi connectivity index (χ0v) is 26.5. The second kappa shape index (κ2) is 12.6. The lowest BCUT2D eigenvalue weighted by molar-refractivity contribution is 0.0147. The molecule has 3 aromatic carbocycles. The SMILES string of the molecule is CN1CCC(C)(COC(=O)c2cc3ccc(CN)nc3n2Cc2cc(NS(=O)(=O)Cc3ccccc3)cc3ccccc23)CC1. The van der Waals surface area contributed by atoms with Crippen molar-refractivity contribution in [1.29, 1.82) is 0 Å². The summed E-state index contributed by atoms with van der Waals surface area (Å²) in [4.78, 5) is 20.8. The average Bonchev–Trinajstić information content (AvgIpc) is 3.39. The van der Waals surface area contributed by atoms with Gasteiger partial charge in [-0.1, -0.05) is 61.5 Å². The molecule has 9 nitrogen and oxygen atoms in total. The fraction of sp³-hybridized carbons (Fsp3) is 0.314. The average molecular weight is 626 g/mol. The lowest BCUT2D eigenvalue weighted by atomic mass is 9.81. The van der Waals surface area contributed by atoms with Gasteiger partial charge in [-0.15, -0.1) is 0 Å². The van der Waals surface area contributed by atoms with Crippen LogP contribution in [0.5, 0.6) is 0 Å². The van der Waals surface area contributed by atoms with Gasteiger partial charge in [-0.3, -0.25) is 4.72 Å². The Kier molecular flexibility index (Phi) is 8.63. The number of hydrogen-bond acceptors (Lipinski definition) is 7. The van der Waals surface area contributed by atoms with Gasteiger partial charge in [0, 0.05) is 23.0 Å². The second-order valence-corrected chi connectivity index (χ2v) is 14.2. The molecule has 0 bridgehead atoms. The molecule has 0 spiro atoms. The molecule has 0 amide bonds. The second-order valence-electron chi connectivity index (χ2n) is 12.4. The van der Waals surface area contributed by atoms with Crippen LogP contribution in [-0.2, 0) is 33.6 Å². The molecule has 45 heavy (non-hydrogen) atoms. The molecule has 0 saturated carbocycles. The van der Waals surface area contributed by atoms with Gasteiger partial charge in [0.1, 0.15) is 11.3 Å². The van der Waals surface area contributed by atoms with Gasteiger partial charge in [0.15, 0.2) is 0 Å². The number of aromatic nitrogens is 2. The van der Waals surface area contributed by atoms with Crippen molar-refractivity contribution in [1.82, 2.24) is 14.5 Å². The van der Waals surface area contributed by atoms with Gasteiger partial charge in [-0.05, 0) is 85.2 Å². The molecule has 0 radical (unpaired) electrons. The molecule has 1 aliphatic heterocycles. The van der Waals surface area contributed by atoms with E-state index in [4.69, 9.17) is 15.5 Å². The van der Waals surface area contributed by atoms with Gasteiger partial charge < -0.3 is 19.9 Å². The number of rotatable bonds is 10. The van der Waals surface area contributed by atoms with Crippen molar-refractivity contribution < 1.29 is 17.9 Å². The van der Waals surface area contributed by atoms with Crippen LogP contribution >= 0.6 is 0 Å². The molecule has 2 aromatic heterocycles. The fourth-order valence-electron chi connectivity index (χ4n) is 5.99. The van der Waals surface area contributed by atoms with E-state index in [9.17, 15) is 13.2 Å². The highest BCUT2D eigenvalue weighted by Crippen LogP contribution is 2.32. The van der Waals surface area contributed by atoms with E-state index in [0.29, 0.717) is 34.9 Å². The molecule has 3 N–H and O–H groups in total. The minimum atomic E-state index is -3.69. The molecule has 6 rings (SSSR count). The van der Waals surface area contributed by atoms with E-state index in [2.05, 4.69) is 23.6 Å². The van der Waals surface area contributed by atoms with E-state index >= 15 is 0 Å². The van der Waals surface area contributed by atoms with Crippen LogP contribution in [0.1, 0.15) is 47.1 Å². The predicted octanol–water partition coefficient (Wildman–Crippen LogP) is 5.53. The predicted molar refractivity (Wildman–Crippen MR) is 178 cm³/mol. The summed E-state index contributed by atoms with van der Waals surface area (Å²) in [6.07, 6.45) is 1.92. The first-order chi connectivity index (χ1) is 21.6. The smallest absolute Gasteiger partial charge is 0.355 e. The first-order valence-corrected chi connectivity index (χ1v) is 16.9. The first-order valence-electron chi connectivity index (χ1n) is 15.2. The number of likely N-dealkylation sites (tertiary alicyclic amines) is 1. The number of hydrogen-bond donors (Lipinski definition) is 2. The van der Waals surface area contributed by atoms with Crippen LogP contribution in [0.3, 0.4) is 0 Å². The zero-order chi connectivity index (χ0) is 31.6. The Balaban J connectivity index is 1.36.